The summed E-state index contributed by atoms with van der Waals surface area (Å²) in [6.45, 7) is 25.2. The fourth-order valence-electron chi connectivity index (χ4n) is 12.6. The van der Waals surface area contributed by atoms with Crippen molar-refractivity contribution in [3.05, 3.63) is 76.0 Å². The monoisotopic (exact) mass is 677 g/mol. The molecule has 1 aromatic heterocycles. The van der Waals surface area contributed by atoms with E-state index in [0.717, 1.165) is 58.9 Å². The first-order valence-electron chi connectivity index (χ1n) is 18.8. The van der Waals surface area contributed by atoms with Crippen molar-refractivity contribution in [1.82, 2.24) is 4.57 Å². The number of fused-ring (bicyclic) bond motifs is 11. The molecule has 0 amide bonds. The topological polar surface area (TPSA) is 88.8 Å². The predicted octanol–water partition coefficient (Wildman–Crippen LogP) is 8.69. The minimum absolute atomic E-state index is 0.0393. The average molecular weight is 678 g/mol. The van der Waals surface area contributed by atoms with Crippen LogP contribution in [0.25, 0.3) is 16.5 Å². The van der Waals surface area contributed by atoms with E-state index >= 15 is 0 Å². The number of nitrogens with zero attached hydrogens (tertiary/aromatic N) is 1. The van der Waals surface area contributed by atoms with E-state index in [4.69, 9.17) is 4.74 Å². The van der Waals surface area contributed by atoms with E-state index in [-0.39, 0.29) is 34.2 Å². The molecule has 6 heteroatoms. The molecular formula is C44H55NO5. The zero-order chi connectivity index (χ0) is 36.2. The number of hydrogen-bond acceptors (Lipinski definition) is 5. The Bertz CT molecular complexity index is 2020. The average Bonchev–Trinajstić information content (AvgIpc) is 3.67. The van der Waals surface area contributed by atoms with Crippen molar-refractivity contribution in [2.75, 3.05) is 0 Å². The first kappa shape index (κ1) is 34.0. The van der Waals surface area contributed by atoms with Gasteiger partial charge in [0.2, 0.25) is 0 Å². The van der Waals surface area contributed by atoms with Crippen molar-refractivity contribution in [2.45, 2.75) is 136 Å². The third kappa shape index (κ3) is 4.02. The van der Waals surface area contributed by atoms with Crippen LogP contribution in [0.1, 0.15) is 140 Å². The molecule has 4 aliphatic carbocycles. The van der Waals surface area contributed by atoms with Crippen molar-refractivity contribution < 1.29 is 24.5 Å². The number of benzene rings is 1. The van der Waals surface area contributed by atoms with Crippen LogP contribution in [-0.4, -0.2) is 43.7 Å². The molecule has 2 N–H and O–H groups in total. The number of carbonyl (C=O) groups excluding carboxylic acids is 2. The second kappa shape index (κ2) is 10.3. The lowest BCUT2D eigenvalue weighted by molar-refractivity contribution is -0.144. The number of aliphatic hydroxyl groups excluding tert-OH is 2. The van der Waals surface area contributed by atoms with Crippen molar-refractivity contribution in [3.8, 4) is 0 Å². The van der Waals surface area contributed by atoms with Gasteiger partial charge >= 0.3 is 0 Å². The van der Waals surface area contributed by atoms with Crippen molar-refractivity contribution >= 4 is 28.0 Å². The number of rotatable bonds is 4. The van der Waals surface area contributed by atoms with Gasteiger partial charge in [0.25, 0.3) is 0 Å². The maximum Gasteiger partial charge on any atom is 0.192 e. The maximum atomic E-state index is 14.9. The van der Waals surface area contributed by atoms with E-state index in [1.807, 2.05) is 26.0 Å². The molecule has 1 aromatic carbocycles. The Balaban J connectivity index is 1.36. The molecule has 6 nitrogen and oxygen atoms in total. The highest BCUT2D eigenvalue weighted by molar-refractivity contribution is 6.18. The number of aromatic nitrogens is 1. The smallest absolute Gasteiger partial charge is 0.192 e. The lowest BCUT2D eigenvalue weighted by atomic mass is 9.40. The summed E-state index contributed by atoms with van der Waals surface area (Å²) in [5.74, 6) is 0.427. The molecule has 2 saturated carbocycles. The molecule has 0 spiro atoms. The van der Waals surface area contributed by atoms with Gasteiger partial charge in [-0.05, 0) is 132 Å². The van der Waals surface area contributed by atoms with Crippen molar-refractivity contribution in [2.24, 2.45) is 28.6 Å². The number of Topliss-reactive ketones (excluding diaryl/α,β-unsaturated/α-hetero) is 2. The van der Waals surface area contributed by atoms with Crippen LogP contribution in [0.15, 0.2) is 48.1 Å². The van der Waals surface area contributed by atoms with Gasteiger partial charge in [0.15, 0.2) is 11.6 Å². The Kier molecular flexibility index (Phi) is 7.01. The summed E-state index contributed by atoms with van der Waals surface area (Å²) < 4.78 is 8.90. The molecule has 2 aliphatic heterocycles. The molecule has 2 aromatic rings. The van der Waals surface area contributed by atoms with Crippen LogP contribution < -0.4 is 0 Å². The fourth-order valence-corrected chi connectivity index (χ4v) is 12.6. The first-order valence-corrected chi connectivity index (χ1v) is 18.8. The summed E-state index contributed by atoms with van der Waals surface area (Å²) in [4.78, 5) is 26.8. The van der Waals surface area contributed by atoms with E-state index in [1.54, 1.807) is 6.92 Å². The first-order chi connectivity index (χ1) is 23.2. The lowest BCUT2D eigenvalue weighted by Gasteiger charge is -2.64. The molecule has 6 aliphatic rings. The number of hydrogen-bond donors (Lipinski definition) is 2. The number of aliphatic hydroxyl groups is 2. The molecule has 50 heavy (non-hydrogen) atoms. The predicted molar refractivity (Wildman–Crippen MR) is 198 cm³/mol. The fraction of sp³-hybridized carbons (Fsp3) is 0.591. The Labute approximate surface area is 297 Å². The highest BCUT2D eigenvalue weighted by Gasteiger charge is 2.67. The lowest BCUT2D eigenvalue weighted by Crippen LogP contribution is -2.62. The molecule has 9 atom stereocenters. The van der Waals surface area contributed by atoms with Gasteiger partial charge in [-0.1, -0.05) is 51.2 Å². The number of allylic oxidation sites excluding steroid dienone is 4. The van der Waals surface area contributed by atoms with E-state index < -0.39 is 34.9 Å². The quantitative estimate of drug-likeness (QED) is 0.192. The molecule has 266 valence electrons. The van der Waals surface area contributed by atoms with Crippen LogP contribution in [0.3, 0.4) is 0 Å². The molecular weight excluding hydrogens is 622 g/mol. The van der Waals surface area contributed by atoms with Gasteiger partial charge < -0.3 is 19.5 Å². The van der Waals surface area contributed by atoms with Gasteiger partial charge in [-0.2, -0.15) is 0 Å². The second-order valence-electron chi connectivity index (χ2n) is 18.6. The van der Waals surface area contributed by atoms with Crippen LogP contribution in [0, 0.1) is 28.6 Å². The van der Waals surface area contributed by atoms with E-state index in [9.17, 15) is 19.8 Å². The Morgan fingerprint density at radius 2 is 1.74 bits per heavy atom. The molecule has 2 unspecified atom stereocenters. The highest BCUT2D eigenvalue weighted by Crippen LogP contribution is 2.71. The van der Waals surface area contributed by atoms with Gasteiger partial charge in [0, 0.05) is 33.4 Å². The van der Waals surface area contributed by atoms with Crippen LogP contribution in [0.5, 0.6) is 0 Å². The molecule has 0 bridgehead atoms. The zero-order valence-electron chi connectivity index (χ0n) is 31.7. The standard InChI is InChI=1S/C44H55NO5/c1-22(2)35-38(49)33-32-26(29-21-40(5,6)50-41(7,8)34(29)37(32)48)20-27-28-19-25-14-15-30-42(9,17-12-13-23(3)24(4)46)31(47)16-18-43(30,10)44(25,11)39(28)45(35)36(27)33/h12-13,17,20-21,25,30-31,34-35,37,47-48H,1,14-16,18-19H2,2-11H3/b17-12+,23-13+/t25?,30-,31-,34?,35-,37+,42-,43-,44+/m0/s1. The summed E-state index contributed by atoms with van der Waals surface area (Å²) in [5.41, 5.74) is 6.62. The third-order valence-corrected chi connectivity index (χ3v) is 15.0. The highest BCUT2D eigenvalue weighted by atomic mass is 16.5. The summed E-state index contributed by atoms with van der Waals surface area (Å²) in [6.07, 6.45) is 11.5. The molecule has 2 fully saturated rings. The van der Waals surface area contributed by atoms with Gasteiger partial charge in [0.05, 0.1) is 34.5 Å². The molecule has 8 rings (SSSR count). The van der Waals surface area contributed by atoms with Crippen molar-refractivity contribution in [3.63, 3.8) is 0 Å². The Hall–Kier alpha value is -3.06. The van der Waals surface area contributed by atoms with E-state index in [0.29, 0.717) is 23.5 Å². The molecule has 3 heterocycles. The zero-order valence-corrected chi connectivity index (χ0v) is 31.7. The summed E-state index contributed by atoms with van der Waals surface area (Å²) in [7, 11) is 0. The van der Waals surface area contributed by atoms with Gasteiger partial charge in [-0.25, -0.2) is 0 Å². The molecule has 0 saturated heterocycles. The Morgan fingerprint density at radius 1 is 1.04 bits per heavy atom. The van der Waals surface area contributed by atoms with E-state index in [2.05, 4.69) is 77.8 Å². The van der Waals surface area contributed by atoms with Gasteiger partial charge in [-0.15, -0.1) is 0 Å². The molecule has 0 radical (unpaired) electrons. The number of carbonyl (C=O) groups is 2. The maximum absolute atomic E-state index is 14.9. The number of ether oxygens (including phenoxy) is 1. The minimum atomic E-state index is -0.847. The summed E-state index contributed by atoms with van der Waals surface area (Å²) >= 11 is 0. The summed E-state index contributed by atoms with van der Waals surface area (Å²) in [6, 6.07) is 1.79. The van der Waals surface area contributed by atoms with E-state index in [1.165, 1.54) is 11.3 Å². The van der Waals surface area contributed by atoms with Crippen molar-refractivity contribution in [1.29, 1.82) is 0 Å². The summed E-state index contributed by atoms with van der Waals surface area (Å²) in [5, 5.41) is 25.0. The van der Waals surface area contributed by atoms with Crippen LogP contribution in [-0.2, 0) is 21.4 Å². The van der Waals surface area contributed by atoms with Crippen LogP contribution in [0.2, 0.25) is 0 Å². The number of ketones is 2. The third-order valence-electron chi connectivity index (χ3n) is 15.0. The second-order valence-corrected chi connectivity index (χ2v) is 18.6. The van der Waals surface area contributed by atoms with Crippen LogP contribution >= 0.6 is 0 Å². The minimum Gasteiger partial charge on any atom is -0.392 e. The Morgan fingerprint density at radius 3 is 2.40 bits per heavy atom. The largest absolute Gasteiger partial charge is 0.392 e. The van der Waals surface area contributed by atoms with Crippen LogP contribution in [0.4, 0.5) is 0 Å². The van der Waals surface area contributed by atoms with Gasteiger partial charge in [0.1, 0.15) is 6.04 Å². The SMILES string of the molecule is C=C(C)[C@H]1C(=O)c2c3c(cc4c5c(n1c24)[C@@]1(C)C(CC[C@H]2[C@](C)(/C=C/C=C(\C)C(C)=O)[C@@H](O)CC[C@@]21C)C5)C1=CC(C)(C)OC(C)(C)C1[C@@H]3O. The normalized spacial score (nSPS) is 39.2. The van der Waals surface area contributed by atoms with Gasteiger partial charge in [-0.3, -0.25) is 9.59 Å².